The fraction of sp³-hybridized carbons (Fsp3) is 0.133. The first-order valence-electron chi connectivity index (χ1n) is 5.93. The average molecular weight is 294 g/mol. The van der Waals surface area contributed by atoms with Crippen LogP contribution in [0.25, 0.3) is 0 Å². The molecule has 0 bridgehead atoms. The van der Waals surface area contributed by atoms with E-state index in [1.165, 1.54) is 19.2 Å². The van der Waals surface area contributed by atoms with Gasteiger partial charge in [0.25, 0.3) is 5.91 Å². The molecular formula is C15H13ClFNO2. The lowest BCUT2D eigenvalue weighted by Crippen LogP contribution is -2.14. The van der Waals surface area contributed by atoms with Crippen LogP contribution in [-0.2, 0) is 6.42 Å². The quantitative estimate of drug-likeness (QED) is 0.941. The summed E-state index contributed by atoms with van der Waals surface area (Å²) in [7, 11) is 1.54. The highest BCUT2D eigenvalue weighted by molar-refractivity contribution is 6.31. The smallest absolute Gasteiger partial charge is 0.251 e. The van der Waals surface area contributed by atoms with Crippen molar-refractivity contribution in [1.82, 2.24) is 0 Å². The van der Waals surface area contributed by atoms with E-state index in [0.717, 1.165) is 5.56 Å². The number of benzene rings is 2. The van der Waals surface area contributed by atoms with Crippen LogP contribution >= 0.6 is 11.6 Å². The average Bonchev–Trinajstić information content (AvgIpc) is 2.43. The van der Waals surface area contributed by atoms with Gasteiger partial charge in [0.2, 0.25) is 0 Å². The summed E-state index contributed by atoms with van der Waals surface area (Å²) >= 11 is 6.02. The van der Waals surface area contributed by atoms with Crippen LogP contribution in [-0.4, -0.2) is 13.0 Å². The fourth-order valence-corrected chi connectivity index (χ4v) is 2.20. The predicted octanol–water partition coefficient (Wildman–Crippen LogP) is 3.18. The molecule has 1 amide bonds. The topological polar surface area (TPSA) is 52.3 Å². The molecule has 0 saturated carbocycles. The van der Waals surface area contributed by atoms with Gasteiger partial charge in [0.1, 0.15) is 11.6 Å². The molecule has 0 unspecified atom stereocenters. The maximum Gasteiger partial charge on any atom is 0.251 e. The molecule has 5 heteroatoms. The number of amides is 1. The lowest BCUT2D eigenvalue weighted by molar-refractivity contribution is 0.0996. The number of nitrogens with two attached hydrogens (primary N) is 1. The minimum absolute atomic E-state index is 0.167. The van der Waals surface area contributed by atoms with E-state index in [-0.39, 0.29) is 22.6 Å². The van der Waals surface area contributed by atoms with Crippen LogP contribution in [0.1, 0.15) is 21.5 Å². The number of rotatable bonds is 4. The number of primary amides is 1. The Labute approximate surface area is 121 Å². The first-order chi connectivity index (χ1) is 9.54. The van der Waals surface area contributed by atoms with E-state index in [1.54, 1.807) is 6.07 Å². The van der Waals surface area contributed by atoms with E-state index in [2.05, 4.69) is 0 Å². The van der Waals surface area contributed by atoms with Gasteiger partial charge in [-0.2, -0.15) is 0 Å². The van der Waals surface area contributed by atoms with Gasteiger partial charge in [0.15, 0.2) is 0 Å². The molecule has 0 aliphatic heterocycles. The summed E-state index contributed by atoms with van der Waals surface area (Å²) in [6, 6.07) is 9.98. The summed E-state index contributed by atoms with van der Waals surface area (Å²) in [5.74, 6) is -0.871. The number of halogens is 2. The van der Waals surface area contributed by atoms with Crippen molar-refractivity contribution in [2.45, 2.75) is 6.42 Å². The first-order valence-corrected chi connectivity index (χ1v) is 6.31. The van der Waals surface area contributed by atoms with E-state index in [9.17, 15) is 9.18 Å². The summed E-state index contributed by atoms with van der Waals surface area (Å²) in [4.78, 5) is 11.2. The summed E-state index contributed by atoms with van der Waals surface area (Å²) in [5.41, 5.74) is 5.97. The molecule has 0 fully saturated rings. The summed E-state index contributed by atoms with van der Waals surface area (Å²) < 4.78 is 19.5. The zero-order valence-electron chi connectivity index (χ0n) is 10.8. The van der Waals surface area contributed by atoms with Gasteiger partial charge in [-0.25, -0.2) is 4.39 Å². The van der Waals surface area contributed by atoms with Gasteiger partial charge in [-0.1, -0.05) is 29.8 Å². The standard InChI is InChI=1S/C15H13ClFNO2/c1-20-13-5-3-2-4-9(13)8-11-12(16)7-6-10(14(11)17)15(18)19/h2-7H,8H2,1H3,(H2,18,19). The van der Waals surface area contributed by atoms with Gasteiger partial charge in [-0.05, 0) is 23.8 Å². The zero-order chi connectivity index (χ0) is 14.7. The molecule has 2 aromatic carbocycles. The molecule has 0 saturated heterocycles. The largest absolute Gasteiger partial charge is 0.496 e. The van der Waals surface area contributed by atoms with Crippen LogP contribution in [0.4, 0.5) is 4.39 Å². The summed E-state index contributed by atoms with van der Waals surface area (Å²) in [6.45, 7) is 0. The van der Waals surface area contributed by atoms with Crippen molar-refractivity contribution < 1.29 is 13.9 Å². The Bertz CT molecular complexity index is 658. The maximum absolute atomic E-state index is 14.3. The number of carbonyl (C=O) groups excluding carboxylic acids is 1. The Hall–Kier alpha value is -2.07. The number of hydrogen-bond donors (Lipinski definition) is 1. The van der Waals surface area contributed by atoms with E-state index in [1.807, 2.05) is 18.2 Å². The van der Waals surface area contributed by atoms with Crippen molar-refractivity contribution >= 4 is 17.5 Å². The lowest BCUT2D eigenvalue weighted by atomic mass is 10.0. The minimum Gasteiger partial charge on any atom is -0.496 e. The second-order valence-electron chi connectivity index (χ2n) is 4.24. The van der Waals surface area contributed by atoms with Crippen LogP contribution in [0.3, 0.4) is 0 Å². The highest BCUT2D eigenvalue weighted by atomic mass is 35.5. The third kappa shape index (κ3) is 2.75. The molecule has 2 N–H and O–H groups in total. The lowest BCUT2D eigenvalue weighted by Gasteiger charge is -2.11. The summed E-state index contributed by atoms with van der Waals surface area (Å²) in [6.07, 6.45) is 0.218. The molecule has 104 valence electrons. The molecule has 2 aromatic rings. The number of methoxy groups -OCH3 is 1. The van der Waals surface area contributed by atoms with E-state index in [0.29, 0.717) is 5.75 Å². The molecule has 0 heterocycles. The maximum atomic E-state index is 14.3. The Morgan fingerprint density at radius 3 is 2.65 bits per heavy atom. The Kier molecular flexibility index (Phi) is 4.25. The number of carbonyl (C=O) groups is 1. The minimum atomic E-state index is -0.819. The summed E-state index contributed by atoms with van der Waals surface area (Å²) in [5, 5.41) is 0.249. The van der Waals surface area contributed by atoms with Crippen molar-refractivity contribution in [2.24, 2.45) is 5.73 Å². The number of hydrogen-bond acceptors (Lipinski definition) is 2. The van der Waals surface area contributed by atoms with Crippen LogP contribution < -0.4 is 10.5 Å². The molecule has 3 nitrogen and oxygen atoms in total. The van der Waals surface area contributed by atoms with E-state index in [4.69, 9.17) is 22.1 Å². The fourth-order valence-electron chi connectivity index (χ4n) is 1.99. The van der Waals surface area contributed by atoms with Crippen LogP contribution in [0.15, 0.2) is 36.4 Å². The van der Waals surface area contributed by atoms with Gasteiger partial charge in [-0.15, -0.1) is 0 Å². The van der Waals surface area contributed by atoms with Gasteiger partial charge in [0.05, 0.1) is 12.7 Å². The molecule has 0 aliphatic rings. The Morgan fingerprint density at radius 2 is 2.00 bits per heavy atom. The molecule has 0 spiro atoms. The van der Waals surface area contributed by atoms with Crippen LogP contribution in [0.5, 0.6) is 5.75 Å². The van der Waals surface area contributed by atoms with E-state index >= 15 is 0 Å². The van der Waals surface area contributed by atoms with Crippen molar-refractivity contribution in [1.29, 1.82) is 0 Å². The van der Waals surface area contributed by atoms with Crippen molar-refractivity contribution in [3.05, 3.63) is 63.9 Å². The molecular weight excluding hydrogens is 281 g/mol. The van der Waals surface area contributed by atoms with Crippen LogP contribution in [0.2, 0.25) is 5.02 Å². The van der Waals surface area contributed by atoms with Gasteiger partial charge < -0.3 is 10.5 Å². The van der Waals surface area contributed by atoms with Gasteiger partial charge in [-0.3, -0.25) is 4.79 Å². The third-order valence-corrected chi connectivity index (χ3v) is 3.37. The molecule has 0 radical (unpaired) electrons. The Morgan fingerprint density at radius 1 is 1.30 bits per heavy atom. The number of ether oxygens (including phenoxy) is 1. The molecule has 0 aliphatic carbocycles. The monoisotopic (exact) mass is 293 g/mol. The predicted molar refractivity (Wildman–Crippen MR) is 75.7 cm³/mol. The van der Waals surface area contributed by atoms with E-state index < -0.39 is 11.7 Å². The Balaban J connectivity index is 2.48. The van der Waals surface area contributed by atoms with Gasteiger partial charge in [0, 0.05) is 17.0 Å². The molecule has 2 rings (SSSR count). The molecule has 0 atom stereocenters. The molecule has 0 aromatic heterocycles. The highest BCUT2D eigenvalue weighted by Gasteiger charge is 2.17. The van der Waals surface area contributed by atoms with Crippen LogP contribution in [0, 0.1) is 5.82 Å². The highest BCUT2D eigenvalue weighted by Crippen LogP contribution is 2.28. The second-order valence-corrected chi connectivity index (χ2v) is 4.65. The normalized spacial score (nSPS) is 10.3. The van der Waals surface area contributed by atoms with Crippen molar-refractivity contribution in [3.8, 4) is 5.75 Å². The molecule has 20 heavy (non-hydrogen) atoms. The second kappa shape index (κ2) is 5.92. The van der Waals surface area contributed by atoms with Gasteiger partial charge >= 0.3 is 0 Å². The zero-order valence-corrected chi connectivity index (χ0v) is 11.6. The van der Waals surface area contributed by atoms with Crippen molar-refractivity contribution in [2.75, 3.05) is 7.11 Å². The third-order valence-electron chi connectivity index (χ3n) is 3.01. The SMILES string of the molecule is COc1ccccc1Cc1c(Cl)ccc(C(N)=O)c1F. The van der Waals surface area contributed by atoms with Crippen molar-refractivity contribution in [3.63, 3.8) is 0 Å². The first kappa shape index (κ1) is 14.3. The number of para-hydroxylation sites is 1.